The van der Waals surface area contributed by atoms with Crippen molar-refractivity contribution in [2.75, 3.05) is 0 Å². The number of fused-ring (bicyclic) bond motifs is 10. The Labute approximate surface area is 276 Å². The summed E-state index contributed by atoms with van der Waals surface area (Å²) in [7, 11) is 0. The molecule has 0 spiro atoms. The summed E-state index contributed by atoms with van der Waals surface area (Å²) in [6, 6.07) is 50.2. The molecule has 0 radical (unpaired) electrons. The lowest BCUT2D eigenvalue weighted by Gasteiger charge is -2.23. The summed E-state index contributed by atoms with van der Waals surface area (Å²) >= 11 is 1.77. The van der Waals surface area contributed by atoms with E-state index in [0.29, 0.717) is 0 Å². The second-order valence-corrected chi connectivity index (χ2v) is 14.0. The molecule has 0 amide bonds. The number of aromatic nitrogens is 3. The minimum absolute atomic E-state index is 0.127. The van der Waals surface area contributed by atoms with E-state index in [1.165, 1.54) is 54.1 Å². The van der Waals surface area contributed by atoms with Crippen molar-refractivity contribution >= 4 is 53.4 Å². The summed E-state index contributed by atoms with van der Waals surface area (Å²) in [6.07, 6.45) is 0. The molecule has 3 nitrogen and oxygen atoms in total. The number of nitrogens with zero attached hydrogens (tertiary/aromatic N) is 3. The molecule has 1 aliphatic rings. The van der Waals surface area contributed by atoms with Gasteiger partial charge in [0.25, 0.3) is 0 Å². The lowest BCUT2D eigenvalue weighted by atomic mass is 9.81. The Morgan fingerprint density at radius 2 is 1.30 bits per heavy atom. The van der Waals surface area contributed by atoms with E-state index in [1.54, 1.807) is 11.3 Å². The molecule has 1 aliphatic carbocycles. The molecule has 0 fully saturated rings. The van der Waals surface area contributed by atoms with Crippen LogP contribution in [-0.2, 0) is 5.41 Å². The van der Waals surface area contributed by atoms with Crippen LogP contribution in [0.5, 0.6) is 0 Å². The maximum atomic E-state index is 5.21. The Kier molecular flexibility index (Phi) is 5.50. The zero-order chi connectivity index (χ0) is 31.3. The van der Waals surface area contributed by atoms with Crippen LogP contribution in [0.1, 0.15) is 25.0 Å². The molecule has 0 saturated heterocycles. The van der Waals surface area contributed by atoms with Crippen LogP contribution in [-0.4, -0.2) is 14.5 Å². The fraction of sp³-hybridized carbons (Fsp3) is 0.0698. The summed E-state index contributed by atoms with van der Waals surface area (Å²) in [4.78, 5) is 10.4. The van der Waals surface area contributed by atoms with Crippen molar-refractivity contribution in [3.8, 4) is 39.5 Å². The van der Waals surface area contributed by atoms with Gasteiger partial charge in [-0.25, -0.2) is 9.97 Å². The molecule has 6 aromatic carbocycles. The molecule has 0 unspecified atom stereocenters. The highest BCUT2D eigenvalue weighted by Crippen LogP contribution is 2.53. The van der Waals surface area contributed by atoms with Gasteiger partial charge in [-0.3, -0.25) is 0 Å². The summed E-state index contributed by atoms with van der Waals surface area (Å²) in [5.74, 6) is 0.742. The van der Waals surface area contributed by atoms with Gasteiger partial charge in [0.15, 0.2) is 5.82 Å². The van der Waals surface area contributed by atoms with Gasteiger partial charge >= 0.3 is 0 Å². The van der Waals surface area contributed by atoms with Crippen LogP contribution in [0, 0.1) is 0 Å². The zero-order valence-electron chi connectivity index (χ0n) is 26.0. The SMILES string of the molecule is CC1(C)c2ccccc2-c2ccc3c4ccccc4n(-c4ccc(-c5nc(-c6ccccc6)c6sc7ccccc7c6n5)cc4)c3c21. The summed E-state index contributed by atoms with van der Waals surface area (Å²) in [5.41, 5.74) is 13.0. The fourth-order valence-corrected chi connectivity index (χ4v) is 9.01. The van der Waals surface area contributed by atoms with Gasteiger partial charge in [-0.1, -0.05) is 117 Å². The minimum Gasteiger partial charge on any atom is -0.309 e. The lowest BCUT2D eigenvalue weighted by molar-refractivity contribution is 0.664. The first-order chi connectivity index (χ1) is 23.1. The van der Waals surface area contributed by atoms with Gasteiger partial charge in [0.05, 0.1) is 26.9 Å². The van der Waals surface area contributed by atoms with Crippen molar-refractivity contribution in [2.45, 2.75) is 19.3 Å². The molecule has 222 valence electrons. The summed E-state index contributed by atoms with van der Waals surface area (Å²) < 4.78 is 4.82. The molecule has 0 N–H and O–H groups in total. The molecule has 4 heteroatoms. The van der Waals surface area contributed by atoms with Crippen LogP contribution in [0.15, 0.2) is 140 Å². The highest BCUT2D eigenvalue weighted by molar-refractivity contribution is 7.26. The number of hydrogen-bond acceptors (Lipinski definition) is 3. The van der Waals surface area contributed by atoms with E-state index in [1.807, 2.05) is 0 Å². The van der Waals surface area contributed by atoms with Crippen molar-refractivity contribution in [1.82, 2.24) is 14.5 Å². The fourth-order valence-electron chi connectivity index (χ4n) is 7.85. The molecule has 0 atom stereocenters. The predicted octanol–water partition coefficient (Wildman–Crippen LogP) is 11.6. The Bertz CT molecular complexity index is 2700. The van der Waals surface area contributed by atoms with Gasteiger partial charge in [-0.15, -0.1) is 11.3 Å². The molecular formula is C43H29N3S. The second kappa shape index (κ2) is 9.71. The van der Waals surface area contributed by atoms with Gasteiger partial charge in [-0.05, 0) is 58.7 Å². The highest BCUT2D eigenvalue weighted by atomic mass is 32.1. The first-order valence-corrected chi connectivity index (χ1v) is 16.9. The number of thiophene rings is 1. The average Bonchev–Trinajstić information content (AvgIpc) is 3.74. The van der Waals surface area contributed by atoms with Gasteiger partial charge in [0.1, 0.15) is 0 Å². The van der Waals surface area contributed by atoms with Crippen LogP contribution >= 0.6 is 11.3 Å². The van der Waals surface area contributed by atoms with Gasteiger partial charge in [-0.2, -0.15) is 0 Å². The van der Waals surface area contributed by atoms with Crippen LogP contribution < -0.4 is 0 Å². The molecule has 3 heterocycles. The van der Waals surface area contributed by atoms with Crippen molar-refractivity contribution in [3.63, 3.8) is 0 Å². The number of hydrogen-bond donors (Lipinski definition) is 0. The zero-order valence-corrected chi connectivity index (χ0v) is 26.8. The normalized spacial score (nSPS) is 13.5. The number of benzene rings is 6. The summed E-state index contributed by atoms with van der Waals surface area (Å²) in [5, 5.41) is 3.73. The van der Waals surface area contributed by atoms with E-state index in [4.69, 9.17) is 9.97 Å². The van der Waals surface area contributed by atoms with E-state index in [0.717, 1.165) is 38.5 Å². The topological polar surface area (TPSA) is 30.7 Å². The maximum Gasteiger partial charge on any atom is 0.160 e. The number of para-hydroxylation sites is 1. The van der Waals surface area contributed by atoms with Gasteiger partial charge < -0.3 is 4.57 Å². The largest absolute Gasteiger partial charge is 0.309 e. The molecule has 0 bridgehead atoms. The van der Waals surface area contributed by atoms with Crippen LogP contribution in [0.25, 0.3) is 81.6 Å². The second-order valence-electron chi connectivity index (χ2n) is 13.0. The standard InChI is InChI=1S/C43H29N3S/c1-43(2)34-17-9-6-14-29(34)31-24-25-32-30-15-7-10-18-35(30)46(40(32)37(31)43)28-22-20-27(21-23-28)42-44-38(26-12-4-3-5-13-26)41-39(45-42)33-16-8-11-19-36(33)47-41/h3-25H,1-2H3. The van der Waals surface area contributed by atoms with Crippen LogP contribution in [0.2, 0.25) is 0 Å². The van der Waals surface area contributed by atoms with E-state index in [-0.39, 0.29) is 5.41 Å². The lowest BCUT2D eigenvalue weighted by Crippen LogP contribution is -2.16. The molecular weight excluding hydrogens is 591 g/mol. The molecule has 9 aromatic rings. The van der Waals surface area contributed by atoms with Crippen molar-refractivity contribution in [3.05, 3.63) is 151 Å². The van der Waals surface area contributed by atoms with Crippen molar-refractivity contribution in [2.24, 2.45) is 0 Å². The molecule has 0 aliphatic heterocycles. The third-order valence-electron chi connectivity index (χ3n) is 10.0. The minimum atomic E-state index is -0.127. The van der Waals surface area contributed by atoms with E-state index in [2.05, 4.69) is 158 Å². The Morgan fingerprint density at radius 3 is 2.15 bits per heavy atom. The Balaban J connectivity index is 1.19. The summed E-state index contributed by atoms with van der Waals surface area (Å²) in [6.45, 7) is 4.74. The van der Waals surface area contributed by atoms with Gasteiger partial charge in [0, 0.05) is 43.1 Å². The highest BCUT2D eigenvalue weighted by Gasteiger charge is 2.38. The molecule has 3 aromatic heterocycles. The van der Waals surface area contributed by atoms with E-state index < -0.39 is 0 Å². The molecule has 0 saturated carbocycles. The maximum absolute atomic E-state index is 5.21. The quantitative estimate of drug-likeness (QED) is 0.197. The van der Waals surface area contributed by atoms with Gasteiger partial charge in [0.2, 0.25) is 0 Å². The van der Waals surface area contributed by atoms with Crippen LogP contribution in [0.3, 0.4) is 0 Å². The van der Waals surface area contributed by atoms with Crippen molar-refractivity contribution in [1.29, 1.82) is 0 Å². The van der Waals surface area contributed by atoms with Crippen molar-refractivity contribution < 1.29 is 0 Å². The molecule has 47 heavy (non-hydrogen) atoms. The number of rotatable bonds is 3. The smallest absolute Gasteiger partial charge is 0.160 e. The third kappa shape index (κ3) is 3.73. The van der Waals surface area contributed by atoms with Crippen LogP contribution in [0.4, 0.5) is 0 Å². The van der Waals surface area contributed by atoms with E-state index in [9.17, 15) is 0 Å². The first-order valence-electron chi connectivity index (χ1n) is 16.1. The average molecular weight is 620 g/mol. The molecule has 10 rings (SSSR count). The monoisotopic (exact) mass is 619 g/mol. The first kappa shape index (κ1) is 26.6. The Morgan fingerprint density at radius 1 is 0.574 bits per heavy atom. The predicted molar refractivity (Wildman–Crippen MR) is 198 cm³/mol. The third-order valence-corrected chi connectivity index (χ3v) is 11.2. The Hall–Kier alpha value is -5.58. The van der Waals surface area contributed by atoms with E-state index >= 15 is 0 Å².